The van der Waals surface area contributed by atoms with Crippen molar-refractivity contribution in [3.05, 3.63) is 6.92 Å². The van der Waals surface area contributed by atoms with Crippen molar-refractivity contribution in [1.82, 2.24) is 0 Å². The van der Waals surface area contributed by atoms with Gasteiger partial charge in [0.15, 0.2) is 0 Å². The zero-order chi connectivity index (χ0) is 11.4. The van der Waals surface area contributed by atoms with E-state index in [2.05, 4.69) is 6.92 Å². The quantitative estimate of drug-likeness (QED) is 0.491. The zero-order valence-electron chi connectivity index (χ0n) is 9.87. The molecule has 4 heteroatoms. The molecule has 91 valence electrons. The molecule has 0 N–H and O–H groups in total. The van der Waals surface area contributed by atoms with Crippen molar-refractivity contribution < 1.29 is 18.9 Å². The highest BCUT2D eigenvalue weighted by molar-refractivity contribution is 4.57. The van der Waals surface area contributed by atoms with Crippen molar-refractivity contribution in [2.45, 2.75) is 20.0 Å². The smallest absolute Gasteiger partial charge is 0.0810 e. The van der Waals surface area contributed by atoms with Gasteiger partial charge < -0.3 is 18.9 Å². The molecule has 0 aromatic rings. The van der Waals surface area contributed by atoms with Gasteiger partial charge >= 0.3 is 0 Å². The fraction of sp³-hybridized carbons (Fsp3) is 0.909. The highest BCUT2D eigenvalue weighted by Crippen LogP contribution is 1.92. The highest BCUT2D eigenvalue weighted by Gasteiger charge is 2.01. The Labute approximate surface area is 92.8 Å². The van der Waals surface area contributed by atoms with E-state index in [0.29, 0.717) is 33.0 Å². The summed E-state index contributed by atoms with van der Waals surface area (Å²) in [4.78, 5) is 0. The first-order valence-corrected chi connectivity index (χ1v) is 5.49. The molecule has 0 fully saturated rings. The first-order valence-electron chi connectivity index (χ1n) is 5.49. The molecule has 0 amide bonds. The van der Waals surface area contributed by atoms with Gasteiger partial charge in [-0.25, -0.2) is 0 Å². The van der Waals surface area contributed by atoms with Crippen molar-refractivity contribution in [3.8, 4) is 0 Å². The van der Waals surface area contributed by atoms with E-state index in [1.807, 2.05) is 13.8 Å². The molecule has 4 nitrogen and oxygen atoms in total. The molecule has 1 unspecified atom stereocenters. The summed E-state index contributed by atoms with van der Waals surface area (Å²) in [7, 11) is 0. The standard InChI is InChI=1S/C11H23O4/c1-4-12-6-7-14-10-11(3)15-9-8-13-5-2/h11H,3-10H2,1-2H3. The molecule has 0 spiro atoms. The van der Waals surface area contributed by atoms with E-state index in [-0.39, 0.29) is 6.10 Å². The van der Waals surface area contributed by atoms with Gasteiger partial charge in [0.25, 0.3) is 0 Å². The Morgan fingerprint density at radius 2 is 1.40 bits per heavy atom. The Morgan fingerprint density at radius 3 is 2.00 bits per heavy atom. The summed E-state index contributed by atoms with van der Waals surface area (Å²) in [6, 6.07) is 0. The minimum Gasteiger partial charge on any atom is -0.379 e. The van der Waals surface area contributed by atoms with Crippen LogP contribution in [-0.2, 0) is 18.9 Å². The molecule has 0 aromatic heterocycles. The predicted octanol–water partition coefficient (Wildman–Crippen LogP) is 1.30. The molecule has 0 aliphatic rings. The van der Waals surface area contributed by atoms with Gasteiger partial charge in [0, 0.05) is 13.2 Å². The lowest BCUT2D eigenvalue weighted by Gasteiger charge is -2.13. The molecule has 1 atom stereocenters. The summed E-state index contributed by atoms with van der Waals surface area (Å²) in [5.74, 6) is 0. The van der Waals surface area contributed by atoms with E-state index < -0.39 is 0 Å². The molecule has 0 aromatic carbocycles. The van der Waals surface area contributed by atoms with Crippen LogP contribution in [0.15, 0.2) is 0 Å². The van der Waals surface area contributed by atoms with Gasteiger partial charge in [0.2, 0.25) is 0 Å². The van der Waals surface area contributed by atoms with Gasteiger partial charge in [-0.15, -0.1) is 0 Å². The molecular weight excluding hydrogens is 196 g/mol. The van der Waals surface area contributed by atoms with Crippen molar-refractivity contribution in [2.24, 2.45) is 0 Å². The highest BCUT2D eigenvalue weighted by atomic mass is 16.6. The zero-order valence-corrected chi connectivity index (χ0v) is 9.87. The second kappa shape index (κ2) is 11.9. The summed E-state index contributed by atoms with van der Waals surface area (Å²) < 4.78 is 20.9. The number of hydrogen-bond acceptors (Lipinski definition) is 4. The average molecular weight is 219 g/mol. The first kappa shape index (κ1) is 14.8. The summed E-state index contributed by atoms with van der Waals surface area (Å²) in [5.41, 5.74) is 0. The van der Waals surface area contributed by atoms with E-state index in [4.69, 9.17) is 18.9 Å². The molecule has 15 heavy (non-hydrogen) atoms. The molecule has 0 saturated heterocycles. The molecule has 0 aliphatic heterocycles. The number of rotatable bonds is 11. The molecule has 1 radical (unpaired) electrons. The summed E-state index contributed by atoms with van der Waals surface area (Å²) in [6.45, 7) is 12.1. The van der Waals surface area contributed by atoms with E-state index in [0.717, 1.165) is 13.2 Å². The monoisotopic (exact) mass is 219 g/mol. The maximum atomic E-state index is 5.35. The van der Waals surface area contributed by atoms with Gasteiger partial charge in [0.05, 0.1) is 39.1 Å². The van der Waals surface area contributed by atoms with E-state index in [1.165, 1.54) is 0 Å². The van der Waals surface area contributed by atoms with Crippen LogP contribution in [0.2, 0.25) is 0 Å². The molecule has 0 rings (SSSR count). The Kier molecular flexibility index (Phi) is 11.8. The lowest BCUT2D eigenvalue weighted by Crippen LogP contribution is -2.20. The molecule has 0 bridgehead atoms. The Bertz CT molecular complexity index is 119. The van der Waals surface area contributed by atoms with Crippen molar-refractivity contribution in [1.29, 1.82) is 0 Å². The predicted molar refractivity (Wildman–Crippen MR) is 58.9 cm³/mol. The van der Waals surface area contributed by atoms with Crippen molar-refractivity contribution in [2.75, 3.05) is 46.2 Å². The molecule has 0 heterocycles. The number of ether oxygens (including phenoxy) is 4. The van der Waals surface area contributed by atoms with Crippen LogP contribution in [0.4, 0.5) is 0 Å². The van der Waals surface area contributed by atoms with Gasteiger partial charge in [-0.3, -0.25) is 0 Å². The fourth-order valence-corrected chi connectivity index (χ4v) is 0.943. The molecule has 0 saturated carbocycles. The van der Waals surface area contributed by atoms with E-state index >= 15 is 0 Å². The third-order valence-corrected chi connectivity index (χ3v) is 1.67. The Balaban J connectivity index is 3.08. The SMILES string of the molecule is [CH2]C(COCCOCC)OCCOCC. The van der Waals surface area contributed by atoms with Crippen LogP contribution in [0.3, 0.4) is 0 Å². The van der Waals surface area contributed by atoms with Crippen LogP contribution < -0.4 is 0 Å². The second-order valence-electron chi connectivity index (χ2n) is 2.96. The fourth-order valence-electron chi connectivity index (χ4n) is 0.943. The van der Waals surface area contributed by atoms with Gasteiger partial charge in [-0.2, -0.15) is 0 Å². The minimum absolute atomic E-state index is 0.132. The Morgan fingerprint density at radius 1 is 0.867 bits per heavy atom. The van der Waals surface area contributed by atoms with Crippen LogP contribution in [-0.4, -0.2) is 52.4 Å². The van der Waals surface area contributed by atoms with Crippen LogP contribution in [0.1, 0.15) is 13.8 Å². The largest absolute Gasteiger partial charge is 0.379 e. The van der Waals surface area contributed by atoms with E-state index in [9.17, 15) is 0 Å². The van der Waals surface area contributed by atoms with Gasteiger partial charge in [-0.05, 0) is 20.8 Å². The van der Waals surface area contributed by atoms with Crippen molar-refractivity contribution >= 4 is 0 Å². The third-order valence-electron chi connectivity index (χ3n) is 1.67. The topological polar surface area (TPSA) is 36.9 Å². The lowest BCUT2D eigenvalue weighted by molar-refractivity contribution is -0.0282. The van der Waals surface area contributed by atoms with Crippen LogP contribution in [0, 0.1) is 6.92 Å². The van der Waals surface area contributed by atoms with Crippen LogP contribution in [0.25, 0.3) is 0 Å². The summed E-state index contributed by atoms with van der Waals surface area (Å²) >= 11 is 0. The maximum absolute atomic E-state index is 5.35. The maximum Gasteiger partial charge on any atom is 0.0810 e. The average Bonchev–Trinajstić information content (AvgIpc) is 2.24. The van der Waals surface area contributed by atoms with E-state index in [1.54, 1.807) is 0 Å². The summed E-state index contributed by atoms with van der Waals surface area (Å²) in [6.07, 6.45) is -0.132. The minimum atomic E-state index is -0.132. The molecular formula is C11H23O4. The number of hydrogen-bond donors (Lipinski definition) is 0. The van der Waals surface area contributed by atoms with Crippen LogP contribution >= 0.6 is 0 Å². The molecule has 0 aliphatic carbocycles. The van der Waals surface area contributed by atoms with Gasteiger partial charge in [0.1, 0.15) is 0 Å². The Hall–Kier alpha value is -0.160. The van der Waals surface area contributed by atoms with Gasteiger partial charge in [-0.1, -0.05) is 0 Å². The second-order valence-corrected chi connectivity index (χ2v) is 2.96. The van der Waals surface area contributed by atoms with Crippen molar-refractivity contribution in [3.63, 3.8) is 0 Å². The summed E-state index contributed by atoms with van der Waals surface area (Å²) in [5, 5.41) is 0. The lowest BCUT2D eigenvalue weighted by atomic mass is 10.4. The first-order chi connectivity index (χ1) is 7.31. The third kappa shape index (κ3) is 11.8. The normalized spacial score (nSPS) is 13.0. The van der Waals surface area contributed by atoms with Crippen LogP contribution in [0.5, 0.6) is 0 Å².